The number of benzene rings is 3. The Morgan fingerprint density at radius 3 is 2.23 bits per heavy atom. The molecular formula is C25H20ClNO4. The average molecular weight is 434 g/mol. The van der Waals surface area contributed by atoms with Crippen LogP contribution >= 0.6 is 11.6 Å². The number of ketones is 1. The van der Waals surface area contributed by atoms with Crippen molar-refractivity contribution < 1.29 is 19.4 Å². The predicted molar refractivity (Wildman–Crippen MR) is 120 cm³/mol. The molecule has 1 heterocycles. The number of Topliss-reactive ketones (excluding diaryl/α,β-unsaturated/α-hetero) is 1. The number of nitrogens with zero attached hydrogens (tertiary/aromatic N) is 1. The Bertz CT molecular complexity index is 1180. The van der Waals surface area contributed by atoms with E-state index in [9.17, 15) is 14.7 Å². The molecule has 1 saturated heterocycles. The van der Waals surface area contributed by atoms with Crippen LogP contribution in [0.3, 0.4) is 0 Å². The summed E-state index contributed by atoms with van der Waals surface area (Å²) < 4.78 is 5.24. The van der Waals surface area contributed by atoms with Gasteiger partial charge in [0.1, 0.15) is 11.5 Å². The van der Waals surface area contributed by atoms with Gasteiger partial charge in [0, 0.05) is 16.3 Å². The molecule has 3 aromatic rings. The van der Waals surface area contributed by atoms with E-state index in [0.717, 1.165) is 5.56 Å². The molecule has 1 amide bonds. The second-order valence-electron chi connectivity index (χ2n) is 7.24. The number of carbonyl (C=O) groups is 2. The summed E-state index contributed by atoms with van der Waals surface area (Å²) in [5, 5.41) is 11.6. The summed E-state index contributed by atoms with van der Waals surface area (Å²) in [5.74, 6) is -1.02. The van der Waals surface area contributed by atoms with Gasteiger partial charge in [0.2, 0.25) is 0 Å². The maximum atomic E-state index is 13.2. The van der Waals surface area contributed by atoms with E-state index in [1.807, 2.05) is 25.1 Å². The SMILES string of the molecule is COc1ccc(C2C(=C(O)c3ccc(Cl)cc3)C(=O)C(=O)N2c2ccccc2C)cc1. The fourth-order valence-corrected chi connectivity index (χ4v) is 3.91. The van der Waals surface area contributed by atoms with Gasteiger partial charge in [0.05, 0.1) is 18.7 Å². The van der Waals surface area contributed by atoms with Crippen LogP contribution in [0.4, 0.5) is 5.69 Å². The quantitative estimate of drug-likeness (QED) is 0.345. The molecule has 3 aromatic carbocycles. The van der Waals surface area contributed by atoms with Crippen LogP contribution in [-0.2, 0) is 9.59 Å². The molecule has 1 aliphatic heterocycles. The number of aliphatic hydroxyl groups excluding tert-OH is 1. The highest BCUT2D eigenvalue weighted by molar-refractivity contribution is 6.51. The number of aryl methyl sites for hydroxylation is 1. The number of carbonyl (C=O) groups excluding carboxylic acids is 2. The zero-order valence-electron chi connectivity index (χ0n) is 17.0. The van der Waals surface area contributed by atoms with Crippen molar-refractivity contribution in [1.29, 1.82) is 0 Å². The third-order valence-electron chi connectivity index (χ3n) is 5.37. The molecule has 31 heavy (non-hydrogen) atoms. The van der Waals surface area contributed by atoms with Crippen LogP contribution in [0.5, 0.6) is 5.75 Å². The smallest absolute Gasteiger partial charge is 0.300 e. The lowest BCUT2D eigenvalue weighted by Crippen LogP contribution is -2.30. The standard InChI is InChI=1S/C25H20ClNO4/c1-15-5-3-4-6-20(15)27-22(16-9-13-19(31-2)14-10-16)21(24(29)25(27)30)23(28)17-7-11-18(26)12-8-17/h3-14,22,28H,1-2H3. The van der Waals surface area contributed by atoms with Gasteiger partial charge in [-0.05, 0) is 60.5 Å². The van der Waals surface area contributed by atoms with Crippen LogP contribution in [0.25, 0.3) is 5.76 Å². The van der Waals surface area contributed by atoms with Crippen molar-refractivity contribution in [3.8, 4) is 5.75 Å². The molecule has 1 atom stereocenters. The van der Waals surface area contributed by atoms with Crippen molar-refractivity contribution in [2.45, 2.75) is 13.0 Å². The van der Waals surface area contributed by atoms with Crippen LogP contribution in [-0.4, -0.2) is 23.9 Å². The molecular weight excluding hydrogens is 414 g/mol. The summed E-state index contributed by atoms with van der Waals surface area (Å²) >= 11 is 5.96. The van der Waals surface area contributed by atoms with Gasteiger partial charge in [-0.1, -0.05) is 41.9 Å². The second kappa shape index (κ2) is 8.28. The highest BCUT2D eigenvalue weighted by Gasteiger charge is 2.47. The molecule has 0 aromatic heterocycles. The third kappa shape index (κ3) is 3.68. The first kappa shape index (κ1) is 20.7. The number of hydrogen-bond acceptors (Lipinski definition) is 4. The lowest BCUT2D eigenvalue weighted by molar-refractivity contribution is -0.132. The molecule has 0 radical (unpaired) electrons. The number of halogens is 1. The average Bonchev–Trinajstić information content (AvgIpc) is 3.05. The first-order chi connectivity index (χ1) is 14.9. The van der Waals surface area contributed by atoms with Crippen LogP contribution in [0.1, 0.15) is 22.7 Å². The van der Waals surface area contributed by atoms with E-state index < -0.39 is 17.7 Å². The molecule has 0 spiro atoms. The topological polar surface area (TPSA) is 66.8 Å². The lowest BCUT2D eigenvalue weighted by Gasteiger charge is -2.27. The predicted octanol–water partition coefficient (Wildman–Crippen LogP) is 5.28. The van der Waals surface area contributed by atoms with Gasteiger partial charge in [-0.25, -0.2) is 0 Å². The van der Waals surface area contributed by atoms with E-state index in [4.69, 9.17) is 16.3 Å². The summed E-state index contributed by atoms with van der Waals surface area (Å²) in [4.78, 5) is 27.7. The summed E-state index contributed by atoms with van der Waals surface area (Å²) in [7, 11) is 1.56. The van der Waals surface area contributed by atoms with Gasteiger partial charge in [-0.2, -0.15) is 0 Å². The number of rotatable bonds is 4. The van der Waals surface area contributed by atoms with Crippen molar-refractivity contribution in [3.63, 3.8) is 0 Å². The second-order valence-corrected chi connectivity index (χ2v) is 7.67. The van der Waals surface area contributed by atoms with Crippen molar-refractivity contribution in [3.05, 3.63) is 100 Å². The molecule has 0 saturated carbocycles. The zero-order valence-corrected chi connectivity index (χ0v) is 17.8. The Labute approximate surface area is 185 Å². The number of anilines is 1. The van der Waals surface area contributed by atoms with E-state index in [0.29, 0.717) is 27.6 Å². The summed E-state index contributed by atoms with van der Waals surface area (Å²) in [6.45, 7) is 1.87. The minimum Gasteiger partial charge on any atom is -0.507 e. The van der Waals surface area contributed by atoms with Gasteiger partial charge in [0.15, 0.2) is 0 Å². The van der Waals surface area contributed by atoms with E-state index in [1.54, 1.807) is 61.7 Å². The molecule has 1 fully saturated rings. The Hall–Kier alpha value is -3.57. The fraction of sp³-hybridized carbons (Fsp3) is 0.120. The number of ether oxygens (including phenoxy) is 1. The van der Waals surface area contributed by atoms with Crippen LogP contribution in [0.15, 0.2) is 78.4 Å². The Balaban J connectivity index is 1.95. The van der Waals surface area contributed by atoms with Gasteiger partial charge in [-0.3, -0.25) is 14.5 Å². The van der Waals surface area contributed by atoms with Crippen LogP contribution in [0, 0.1) is 6.92 Å². The summed E-state index contributed by atoms with van der Waals surface area (Å²) in [5.41, 5.74) is 2.57. The van der Waals surface area contributed by atoms with E-state index >= 15 is 0 Å². The van der Waals surface area contributed by atoms with Crippen LogP contribution in [0.2, 0.25) is 5.02 Å². The minimum absolute atomic E-state index is 0.0285. The van der Waals surface area contributed by atoms with E-state index in [1.165, 1.54) is 4.90 Å². The highest BCUT2D eigenvalue weighted by atomic mass is 35.5. The third-order valence-corrected chi connectivity index (χ3v) is 5.62. The Kier molecular flexibility index (Phi) is 5.53. The summed E-state index contributed by atoms with van der Waals surface area (Å²) in [6.07, 6.45) is 0. The number of methoxy groups -OCH3 is 1. The van der Waals surface area contributed by atoms with Crippen molar-refractivity contribution in [1.82, 2.24) is 0 Å². The molecule has 156 valence electrons. The van der Waals surface area contributed by atoms with Crippen LogP contribution < -0.4 is 9.64 Å². The molecule has 6 heteroatoms. The van der Waals surface area contributed by atoms with Crippen molar-refractivity contribution >= 4 is 34.7 Å². The fourth-order valence-electron chi connectivity index (χ4n) is 3.78. The molecule has 0 bridgehead atoms. The van der Waals surface area contributed by atoms with Gasteiger partial charge >= 0.3 is 0 Å². The highest BCUT2D eigenvalue weighted by Crippen LogP contribution is 2.43. The first-order valence-corrected chi connectivity index (χ1v) is 10.1. The monoisotopic (exact) mass is 433 g/mol. The van der Waals surface area contributed by atoms with E-state index in [2.05, 4.69) is 0 Å². The molecule has 5 nitrogen and oxygen atoms in total. The molecule has 4 rings (SSSR count). The molecule has 1 unspecified atom stereocenters. The maximum Gasteiger partial charge on any atom is 0.300 e. The van der Waals surface area contributed by atoms with Crippen molar-refractivity contribution in [2.24, 2.45) is 0 Å². The normalized spacial score (nSPS) is 17.8. The molecule has 0 aliphatic carbocycles. The largest absolute Gasteiger partial charge is 0.507 e. The number of amides is 1. The summed E-state index contributed by atoms with van der Waals surface area (Å²) in [6, 6.07) is 20.1. The molecule has 1 N–H and O–H groups in total. The number of para-hydroxylation sites is 1. The van der Waals surface area contributed by atoms with E-state index in [-0.39, 0.29) is 11.3 Å². The first-order valence-electron chi connectivity index (χ1n) is 9.69. The Morgan fingerprint density at radius 2 is 1.61 bits per heavy atom. The lowest BCUT2D eigenvalue weighted by atomic mass is 9.95. The Morgan fingerprint density at radius 1 is 0.968 bits per heavy atom. The number of aliphatic hydroxyl groups is 1. The van der Waals surface area contributed by atoms with Gasteiger partial charge < -0.3 is 9.84 Å². The molecule has 1 aliphatic rings. The van der Waals surface area contributed by atoms with Crippen molar-refractivity contribution in [2.75, 3.05) is 12.0 Å². The van der Waals surface area contributed by atoms with Gasteiger partial charge in [-0.15, -0.1) is 0 Å². The minimum atomic E-state index is -0.789. The maximum absolute atomic E-state index is 13.2. The number of hydrogen-bond donors (Lipinski definition) is 1. The zero-order chi connectivity index (χ0) is 22.1. The van der Waals surface area contributed by atoms with Gasteiger partial charge in [0.25, 0.3) is 11.7 Å².